The van der Waals surface area contributed by atoms with Gasteiger partial charge in [-0.3, -0.25) is 0 Å². The quantitative estimate of drug-likeness (QED) is 0.793. The van der Waals surface area contributed by atoms with Crippen LogP contribution in [0.25, 0.3) is 0 Å². The lowest BCUT2D eigenvalue weighted by atomic mass is 9.95. The van der Waals surface area contributed by atoms with Crippen molar-refractivity contribution in [2.24, 2.45) is 5.41 Å². The van der Waals surface area contributed by atoms with E-state index in [1.165, 1.54) is 16.7 Å². The molecule has 1 rings (SSSR count). The molecule has 92 valence electrons. The molecule has 0 atom stereocenters. The number of rotatable bonds is 4. The highest BCUT2D eigenvalue weighted by molar-refractivity contribution is 5.30. The second-order valence-corrected chi connectivity index (χ2v) is 5.60. The molecule has 1 aromatic carbocycles. The summed E-state index contributed by atoms with van der Waals surface area (Å²) in [5, 5.41) is 9.02. The van der Waals surface area contributed by atoms with Crippen LogP contribution in [-0.2, 0) is 6.54 Å². The summed E-state index contributed by atoms with van der Waals surface area (Å²) in [4.78, 5) is 2.21. The summed E-state index contributed by atoms with van der Waals surface area (Å²) in [6.45, 7) is 9.90. The van der Waals surface area contributed by atoms with E-state index >= 15 is 0 Å². The van der Waals surface area contributed by atoms with Crippen molar-refractivity contribution < 1.29 is 0 Å². The molecule has 0 bridgehead atoms. The molecular weight excluding hydrogens is 208 g/mol. The molecule has 0 saturated heterocycles. The van der Waals surface area contributed by atoms with Crippen LogP contribution in [0.15, 0.2) is 18.2 Å². The van der Waals surface area contributed by atoms with E-state index in [0.717, 1.165) is 13.1 Å². The molecule has 0 unspecified atom stereocenters. The Bertz CT molecular complexity index is 427. The van der Waals surface area contributed by atoms with Gasteiger partial charge in [-0.25, -0.2) is 0 Å². The minimum Gasteiger partial charge on any atom is -0.301 e. The molecule has 0 radical (unpaired) electrons. The topological polar surface area (TPSA) is 27.0 Å². The third-order valence-electron chi connectivity index (χ3n) is 2.91. The standard InChI is InChI=1S/C15H22N2/c1-12-6-7-14(13(2)8-12)9-17(5)11-15(3,4)10-16/h6-8H,9,11H2,1-5H3. The summed E-state index contributed by atoms with van der Waals surface area (Å²) >= 11 is 0. The number of aryl methyl sites for hydroxylation is 2. The molecule has 17 heavy (non-hydrogen) atoms. The van der Waals surface area contributed by atoms with Crippen LogP contribution in [0.4, 0.5) is 0 Å². The summed E-state index contributed by atoms with van der Waals surface area (Å²) in [6, 6.07) is 8.87. The van der Waals surface area contributed by atoms with Crippen LogP contribution in [0.1, 0.15) is 30.5 Å². The Hall–Kier alpha value is -1.33. The van der Waals surface area contributed by atoms with Crippen LogP contribution in [0.2, 0.25) is 0 Å². The lowest BCUT2D eigenvalue weighted by Gasteiger charge is -2.25. The van der Waals surface area contributed by atoms with E-state index < -0.39 is 0 Å². The molecule has 0 saturated carbocycles. The maximum absolute atomic E-state index is 9.02. The van der Waals surface area contributed by atoms with E-state index in [4.69, 9.17) is 5.26 Å². The predicted octanol–water partition coefficient (Wildman–Crippen LogP) is 3.29. The highest BCUT2D eigenvalue weighted by Gasteiger charge is 2.19. The number of nitriles is 1. The van der Waals surface area contributed by atoms with Crippen LogP contribution in [-0.4, -0.2) is 18.5 Å². The lowest BCUT2D eigenvalue weighted by molar-refractivity contribution is 0.248. The smallest absolute Gasteiger partial charge is 0.0697 e. The van der Waals surface area contributed by atoms with Crippen molar-refractivity contribution >= 4 is 0 Å². The maximum atomic E-state index is 9.02. The minimum absolute atomic E-state index is 0.284. The number of hydrogen-bond acceptors (Lipinski definition) is 2. The monoisotopic (exact) mass is 230 g/mol. The van der Waals surface area contributed by atoms with E-state index in [0.29, 0.717) is 0 Å². The van der Waals surface area contributed by atoms with Crippen LogP contribution >= 0.6 is 0 Å². The Balaban J connectivity index is 2.69. The van der Waals surface area contributed by atoms with Crippen molar-refractivity contribution in [2.75, 3.05) is 13.6 Å². The molecule has 0 N–H and O–H groups in total. The third kappa shape index (κ3) is 4.20. The first kappa shape index (κ1) is 13.7. The van der Waals surface area contributed by atoms with Gasteiger partial charge in [0.05, 0.1) is 11.5 Å². The molecule has 0 aliphatic rings. The van der Waals surface area contributed by atoms with Gasteiger partial charge in [0.1, 0.15) is 0 Å². The highest BCUT2D eigenvalue weighted by atomic mass is 15.1. The zero-order valence-corrected chi connectivity index (χ0v) is 11.5. The van der Waals surface area contributed by atoms with Gasteiger partial charge in [0.2, 0.25) is 0 Å². The average molecular weight is 230 g/mol. The Kier molecular flexibility index (Phi) is 4.31. The first-order valence-corrected chi connectivity index (χ1v) is 6.00. The van der Waals surface area contributed by atoms with Gasteiger partial charge in [0.25, 0.3) is 0 Å². The van der Waals surface area contributed by atoms with E-state index in [2.05, 4.69) is 50.1 Å². The normalized spacial score (nSPS) is 11.6. The summed E-state index contributed by atoms with van der Waals surface area (Å²) in [6.07, 6.45) is 0. The number of benzene rings is 1. The summed E-state index contributed by atoms with van der Waals surface area (Å²) in [5.74, 6) is 0. The second kappa shape index (κ2) is 5.33. The minimum atomic E-state index is -0.284. The molecule has 0 aliphatic heterocycles. The molecule has 0 spiro atoms. The third-order valence-corrected chi connectivity index (χ3v) is 2.91. The highest BCUT2D eigenvalue weighted by Crippen LogP contribution is 2.17. The molecule has 2 nitrogen and oxygen atoms in total. The van der Waals surface area contributed by atoms with Gasteiger partial charge >= 0.3 is 0 Å². The Labute approximate surface area is 105 Å². The molecule has 0 aliphatic carbocycles. The van der Waals surface area contributed by atoms with Crippen molar-refractivity contribution in [3.05, 3.63) is 34.9 Å². The second-order valence-electron chi connectivity index (χ2n) is 5.60. The molecule has 2 heteroatoms. The van der Waals surface area contributed by atoms with Crippen molar-refractivity contribution in [3.63, 3.8) is 0 Å². The Morgan fingerprint density at radius 2 is 1.94 bits per heavy atom. The van der Waals surface area contributed by atoms with Gasteiger partial charge in [-0.1, -0.05) is 23.8 Å². The van der Waals surface area contributed by atoms with Crippen LogP contribution in [0, 0.1) is 30.6 Å². The largest absolute Gasteiger partial charge is 0.301 e. The zero-order chi connectivity index (χ0) is 13.1. The van der Waals surface area contributed by atoms with Crippen LogP contribution in [0.3, 0.4) is 0 Å². The zero-order valence-electron chi connectivity index (χ0n) is 11.5. The van der Waals surface area contributed by atoms with Crippen molar-refractivity contribution in [1.29, 1.82) is 5.26 Å². The van der Waals surface area contributed by atoms with Gasteiger partial charge in [-0.2, -0.15) is 5.26 Å². The molecule has 0 fully saturated rings. The van der Waals surface area contributed by atoms with Gasteiger partial charge in [0, 0.05) is 13.1 Å². The first-order chi connectivity index (χ1) is 7.84. The Morgan fingerprint density at radius 1 is 1.29 bits per heavy atom. The molecule has 0 aromatic heterocycles. The predicted molar refractivity (Wildman–Crippen MR) is 71.6 cm³/mol. The van der Waals surface area contributed by atoms with Crippen molar-refractivity contribution in [1.82, 2.24) is 4.90 Å². The van der Waals surface area contributed by atoms with E-state index in [1.807, 2.05) is 13.8 Å². The van der Waals surface area contributed by atoms with Crippen molar-refractivity contribution in [2.45, 2.75) is 34.2 Å². The summed E-state index contributed by atoms with van der Waals surface area (Å²) in [5.41, 5.74) is 3.68. The van der Waals surface area contributed by atoms with Gasteiger partial charge in [-0.05, 0) is 45.9 Å². The van der Waals surface area contributed by atoms with Crippen molar-refractivity contribution in [3.8, 4) is 6.07 Å². The van der Waals surface area contributed by atoms with E-state index in [-0.39, 0.29) is 5.41 Å². The Morgan fingerprint density at radius 3 is 2.47 bits per heavy atom. The number of hydrogen-bond donors (Lipinski definition) is 0. The van der Waals surface area contributed by atoms with Crippen LogP contribution in [0.5, 0.6) is 0 Å². The fourth-order valence-corrected chi connectivity index (χ4v) is 2.08. The molecule has 1 aromatic rings. The maximum Gasteiger partial charge on any atom is 0.0697 e. The molecule has 0 heterocycles. The van der Waals surface area contributed by atoms with Gasteiger partial charge in [0.15, 0.2) is 0 Å². The average Bonchev–Trinajstić information content (AvgIpc) is 2.21. The summed E-state index contributed by atoms with van der Waals surface area (Å²) in [7, 11) is 2.07. The molecular formula is C15H22N2. The summed E-state index contributed by atoms with van der Waals surface area (Å²) < 4.78 is 0. The number of nitrogens with zero attached hydrogens (tertiary/aromatic N) is 2. The fourth-order valence-electron chi connectivity index (χ4n) is 2.08. The fraction of sp³-hybridized carbons (Fsp3) is 0.533. The van der Waals surface area contributed by atoms with Gasteiger partial charge < -0.3 is 4.90 Å². The van der Waals surface area contributed by atoms with E-state index in [9.17, 15) is 0 Å². The molecule has 0 amide bonds. The lowest BCUT2D eigenvalue weighted by Crippen LogP contribution is -2.30. The van der Waals surface area contributed by atoms with Gasteiger partial charge in [-0.15, -0.1) is 0 Å². The van der Waals surface area contributed by atoms with Crippen LogP contribution < -0.4 is 0 Å². The van der Waals surface area contributed by atoms with E-state index in [1.54, 1.807) is 0 Å². The SMILES string of the molecule is Cc1ccc(CN(C)CC(C)(C)C#N)c(C)c1. The first-order valence-electron chi connectivity index (χ1n) is 6.00.